The second-order valence-electron chi connectivity index (χ2n) is 17.6. The number of para-hydroxylation sites is 3. The van der Waals surface area contributed by atoms with Crippen molar-refractivity contribution in [2.24, 2.45) is 0 Å². The van der Waals surface area contributed by atoms with Crippen LogP contribution >= 0.6 is 0 Å². The molecule has 0 spiro atoms. The molecule has 0 aliphatic heterocycles. The van der Waals surface area contributed by atoms with Crippen LogP contribution < -0.4 is 20.7 Å². The summed E-state index contributed by atoms with van der Waals surface area (Å²) >= 11 is 0. The van der Waals surface area contributed by atoms with E-state index < -0.39 is 8.07 Å². The van der Waals surface area contributed by atoms with Gasteiger partial charge in [-0.2, -0.15) is 9.97 Å². The summed E-state index contributed by atoms with van der Waals surface area (Å²) < 4.78 is 4.60. The predicted molar refractivity (Wildman–Crippen MR) is 288 cm³/mol. The Morgan fingerprint density at radius 3 is 1.23 bits per heavy atom. The molecule has 0 bridgehead atoms. The third kappa shape index (κ3) is 6.72. The molecule has 5 nitrogen and oxygen atoms in total. The number of hydrogen-bond acceptors (Lipinski definition) is 3. The van der Waals surface area contributed by atoms with E-state index in [0.717, 1.165) is 49.7 Å². The molecular formula is C63H43N5Si. The van der Waals surface area contributed by atoms with Crippen molar-refractivity contribution in [3.63, 3.8) is 0 Å². The summed E-state index contributed by atoms with van der Waals surface area (Å²) in [6, 6.07) is 93.8. The van der Waals surface area contributed by atoms with Gasteiger partial charge in [-0.3, -0.25) is 4.57 Å². The van der Waals surface area contributed by atoms with Crippen LogP contribution in [0.3, 0.4) is 0 Å². The van der Waals surface area contributed by atoms with Crippen molar-refractivity contribution >= 4 is 72.4 Å². The van der Waals surface area contributed by atoms with Crippen LogP contribution in [-0.2, 0) is 0 Å². The van der Waals surface area contributed by atoms with Crippen LogP contribution in [0.25, 0.3) is 89.2 Å². The average molecular weight is 898 g/mol. The molecule has 10 aromatic carbocycles. The minimum absolute atomic E-state index is 0.555. The van der Waals surface area contributed by atoms with E-state index in [0.29, 0.717) is 17.6 Å². The first kappa shape index (κ1) is 40.3. The Bertz CT molecular complexity index is 3860. The van der Waals surface area contributed by atoms with E-state index in [2.05, 4.69) is 270 Å². The fraction of sp³-hybridized carbons (Fsp3) is 0. The lowest BCUT2D eigenvalue weighted by molar-refractivity contribution is 0.953. The minimum atomic E-state index is -2.87. The lowest BCUT2D eigenvalue weighted by atomic mass is 10.0. The van der Waals surface area contributed by atoms with Crippen LogP contribution in [0.4, 0.5) is 0 Å². The quantitative estimate of drug-likeness (QED) is 0.107. The number of hydrogen-bond donors (Lipinski definition) is 0. The second kappa shape index (κ2) is 16.7. The Balaban J connectivity index is 1.05. The lowest BCUT2D eigenvalue weighted by Crippen LogP contribution is -2.74. The van der Waals surface area contributed by atoms with E-state index in [-0.39, 0.29) is 0 Å². The molecule has 0 atom stereocenters. The Morgan fingerprint density at radius 1 is 0.261 bits per heavy atom. The maximum atomic E-state index is 5.50. The average Bonchev–Trinajstić information content (AvgIpc) is 3.95. The normalized spacial score (nSPS) is 11.8. The van der Waals surface area contributed by atoms with Gasteiger partial charge in [0.05, 0.1) is 22.1 Å². The molecule has 3 aromatic heterocycles. The SMILES string of the molecule is c1ccc(-c2cccc(-c3nc(-c4cccc([Si](c5ccccc5)(c5ccccc5)c5ccccc5)c4)nc(-n4c5ccccc5c5cc(-n6c7ccccc7c7ccccc76)ccc54)n3)c2)cc1. The highest BCUT2D eigenvalue weighted by Gasteiger charge is 2.41. The summed E-state index contributed by atoms with van der Waals surface area (Å²) in [5.74, 6) is 1.76. The predicted octanol–water partition coefficient (Wildman–Crippen LogP) is 12.4. The molecule has 0 N–H and O–H groups in total. The maximum absolute atomic E-state index is 5.50. The molecule has 13 aromatic rings. The topological polar surface area (TPSA) is 48.5 Å². The number of fused-ring (bicyclic) bond motifs is 6. The van der Waals surface area contributed by atoms with E-state index in [1.807, 2.05) is 0 Å². The first-order chi connectivity index (χ1) is 34.2. The zero-order valence-electron chi connectivity index (χ0n) is 37.6. The molecular weight excluding hydrogens is 855 g/mol. The van der Waals surface area contributed by atoms with Gasteiger partial charge in [0, 0.05) is 38.4 Å². The Hall–Kier alpha value is -8.97. The zero-order chi connectivity index (χ0) is 45.7. The lowest BCUT2D eigenvalue weighted by Gasteiger charge is -2.34. The summed E-state index contributed by atoms with van der Waals surface area (Å²) in [6.07, 6.45) is 0. The van der Waals surface area contributed by atoms with Gasteiger partial charge in [0.25, 0.3) is 0 Å². The standard InChI is InChI=1S/C63H43N5Si/c1-5-21-44(22-6-1)45-23-19-24-46(41-45)61-64-62(47-25-20-32-52(42-47)69(49-26-7-2-8-27-49,50-28-9-3-10-29-50)51-30-11-4-12-31-51)66-63(65-61)68-59-38-18-15-35-55(59)56-43-48(39-40-60(56)68)67-57-36-16-13-33-53(57)54-34-14-17-37-58(54)67/h1-43H. The van der Waals surface area contributed by atoms with Crippen molar-refractivity contribution in [2.75, 3.05) is 0 Å². The summed E-state index contributed by atoms with van der Waals surface area (Å²) in [6.45, 7) is 0. The molecule has 0 unspecified atom stereocenters. The van der Waals surface area contributed by atoms with Crippen molar-refractivity contribution in [2.45, 2.75) is 0 Å². The maximum Gasteiger partial charge on any atom is 0.238 e. The fourth-order valence-electron chi connectivity index (χ4n) is 10.7. The second-order valence-corrected chi connectivity index (χ2v) is 21.4. The summed E-state index contributed by atoms with van der Waals surface area (Å²) in [4.78, 5) is 16.3. The Labute approximate surface area is 400 Å². The Kier molecular flexibility index (Phi) is 9.77. The van der Waals surface area contributed by atoms with Crippen molar-refractivity contribution in [3.05, 3.63) is 261 Å². The van der Waals surface area contributed by atoms with Gasteiger partial charge < -0.3 is 4.57 Å². The first-order valence-corrected chi connectivity index (χ1v) is 25.4. The first-order valence-electron chi connectivity index (χ1n) is 23.4. The van der Waals surface area contributed by atoms with Gasteiger partial charge >= 0.3 is 0 Å². The third-order valence-electron chi connectivity index (χ3n) is 13.7. The largest absolute Gasteiger partial charge is 0.309 e. The highest BCUT2D eigenvalue weighted by molar-refractivity contribution is 7.19. The van der Waals surface area contributed by atoms with Crippen LogP contribution in [0.5, 0.6) is 0 Å². The highest BCUT2D eigenvalue weighted by atomic mass is 28.3. The van der Waals surface area contributed by atoms with Gasteiger partial charge in [-0.1, -0.05) is 218 Å². The Morgan fingerprint density at radius 2 is 0.667 bits per heavy atom. The molecule has 0 saturated carbocycles. The van der Waals surface area contributed by atoms with Crippen molar-refractivity contribution < 1.29 is 0 Å². The van der Waals surface area contributed by atoms with Crippen LogP contribution in [0.1, 0.15) is 0 Å². The zero-order valence-corrected chi connectivity index (χ0v) is 38.6. The fourth-order valence-corrected chi connectivity index (χ4v) is 15.5. The molecule has 13 rings (SSSR count). The molecule has 0 aliphatic carbocycles. The molecule has 0 amide bonds. The molecule has 324 valence electrons. The molecule has 0 saturated heterocycles. The van der Waals surface area contributed by atoms with Gasteiger partial charge in [-0.05, 0) is 74.3 Å². The molecule has 6 heteroatoms. The summed E-state index contributed by atoms with van der Waals surface area (Å²) in [5.41, 5.74) is 9.53. The monoisotopic (exact) mass is 897 g/mol. The van der Waals surface area contributed by atoms with E-state index >= 15 is 0 Å². The van der Waals surface area contributed by atoms with Gasteiger partial charge in [-0.25, -0.2) is 4.98 Å². The van der Waals surface area contributed by atoms with Gasteiger partial charge in [-0.15, -0.1) is 0 Å². The molecule has 3 heterocycles. The van der Waals surface area contributed by atoms with Crippen LogP contribution in [0, 0.1) is 0 Å². The van der Waals surface area contributed by atoms with Crippen molar-refractivity contribution in [1.29, 1.82) is 0 Å². The van der Waals surface area contributed by atoms with Gasteiger partial charge in [0.2, 0.25) is 5.95 Å². The van der Waals surface area contributed by atoms with E-state index in [1.54, 1.807) is 0 Å². The van der Waals surface area contributed by atoms with Crippen LogP contribution in [0.2, 0.25) is 0 Å². The third-order valence-corrected chi connectivity index (χ3v) is 18.5. The molecule has 0 aliphatic rings. The number of nitrogens with zero attached hydrogens (tertiary/aromatic N) is 5. The van der Waals surface area contributed by atoms with E-state index in [4.69, 9.17) is 15.0 Å². The number of benzene rings is 10. The highest BCUT2D eigenvalue weighted by Crippen LogP contribution is 2.37. The molecule has 0 radical (unpaired) electrons. The van der Waals surface area contributed by atoms with Gasteiger partial charge in [0.1, 0.15) is 0 Å². The number of rotatable bonds is 9. The van der Waals surface area contributed by atoms with Crippen LogP contribution in [0.15, 0.2) is 261 Å². The summed E-state index contributed by atoms with van der Waals surface area (Å²) in [5, 5.41) is 9.86. The summed E-state index contributed by atoms with van der Waals surface area (Å²) in [7, 11) is -2.87. The number of aromatic nitrogens is 5. The smallest absolute Gasteiger partial charge is 0.238 e. The van der Waals surface area contributed by atoms with E-state index in [1.165, 1.54) is 42.6 Å². The van der Waals surface area contributed by atoms with Crippen molar-refractivity contribution in [3.8, 4) is 45.5 Å². The van der Waals surface area contributed by atoms with E-state index in [9.17, 15) is 0 Å². The molecule has 69 heavy (non-hydrogen) atoms. The van der Waals surface area contributed by atoms with Gasteiger partial charge in [0.15, 0.2) is 19.7 Å². The van der Waals surface area contributed by atoms with Crippen LogP contribution in [-0.4, -0.2) is 32.2 Å². The minimum Gasteiger partial charge on any atom is -0.309 e. The molecule has 0 fully saturated rings. The van der Waals surface area contributed by atoms with Crippen molar-refractivity contribution in [1.82, 2.24) is 24.1 Å².